The maximum absolute atomic E-state index is 12.9. The minimum atomic E-state index is -3.55. The zero-order valence-electron chi connectivity index (χ0n) is 15.7. The lowest BCUT2D eigenvalue weighted by Gasteiger charge is -2.33. The van der Waals surface area contributed by atoms with Crippen LogP contribution in [0.1, 0.15) is 52.0 Å². The third-order valence-corrected chi connectivity index (χ3v) is 6.87. The van der Waals surface area contributed by atoms with Crippen LogP contribution in [0.5, 0.6) is 0 Å². The second-order valence-electron chi connectivity index (χ2n) is 6.94. The third-order valence-electron chi connectivity index (χ3n) is 4.99. The average molecular weight is 367 g/mol. The van der Waals surface area contributed by atoms with Crippen molar-refractivity contribution < 1.29 is 13.2 Å². The van der Waals surface area contributed by atoms with Crippen LogP contribution in [0.3, 0.4) is 0 Å². The molecule has 1 amide bonds. The van der Waals surface area contributed by atoms with Crippen LogP contribution < -0.4 is 0 Å². The molecule has 0 radical (unpaired) electrons. The largest absolute Gasteiger partial charge is 0.343 e. The van der Waals surface area contributed by atoms with Gasteiger partial charge in [-0.25, -0.2) is 8.42 Å². The van der Waals surface area contributed by atoms with E-state index in [1.165, 1.54) is 4.31 Å². The van der Waals surface area contributed by atoms with Crippen LogP contribution in [-0.4, -0.2) is 49.7 Å². The van der Waals surface area contributed by atoms with E-state index in [0.29, 0.717) is 30.4 Å². The predicted molar refractivity (Wildman–Crippen MR) is 99.9 cm³/mol. The highest BCUT2D eigenvalue weighted by atomic mass is 32.2. The van der Waals surface area contributed by atoms with Gasteiger partial charge < -0.3 is 4.90 Å². The van der Waals surface area contributed by atoms with Crippen LogP contribution in [0, 0.1) is 5.92 Å². The van der Waals surface area contributed by atoms with Gasteiger partial charge in [-0.3, -0.25) is 4.79 Å². The van der Waals surface area contributed by atoms with Crippen LogP contribution in [0.25, 0.3) is 0 Å². The smallest absolute Gasteiger partial charge is 0.243 e. The van der Waals surface area contributed by atoms with Gasteiger partial charge in [-0.1, -0.05) is 26.0 Å². The summed E-state index contributed by atoms with van der Waals surface area (Å²) in [6, 6.07) is 7.11. The summed E-state index contributed by atoms with van der Waals surface area (Å²) in [5.41, 5.74) is 1.12. The van der Waals surface area contributed by atoms with E-state index in [4.69, 9.17) is 0 Å². The summed E-state index contributed by atoms with van der Waals surface area (Å²) >= 11 is 0. The Kier molecular flexibility index (Phi) is 6.63. The van der Waals surface area contributed by atoms with E-state index in [1.54, 1.807) is 17.0 Å². The van der Waals surface area contributed by atoms with E-state index in [0.717, 1.165) is 18.4 Å². The van der Waals surface area contributed by atoms with Gasteiger partial charge in [0.1, 0.15) is 0 Å². The van der Waals surface area contributed by atoms with Crippen molar-refractivity contribution >= 4 is 15.9 Å². The first-order valence-electron chi connectivity index (χ1n) is 9.20. The van der Waals surface area contributed by atoms with Crippen LogP contribution in [0.2, 0.25) is 0 Å². The molecule has 1 saturated heterocycles. The van der Waals surface area contributed by atoms with Crippen LogP contribution >= 0.6 is 0 Å². The standard InChI is InChI=1S/C19H30N2O3S/c1-5-20(6-2)19(22)17-8-7-13-21(14-17)25(23,24)18-11-9-16(10-12-18)15(3)4/h9-12,15,17H,5-8,13-14H2,1-4H3. The van der Waals surface area contributed by atoms with Gasteiger partial charge in [-0.15, -0.1) is 0 Å². The molecule has 0 spiro atoms. The minimum Gasteiger partial charge on any atom is -0.343 e. The van der Waals surface area contributed by atoms with Crippen molar-refractivity contribution in [3.63, 3.8) is 0 Å². The van der Waals surface area contributed by atoms with Gasteiger partial charge in [0.05, 0.1) is 10.8 Å². The number of hydrogen-bond donors (Lipinski definition) is 0. The topological polar surface area (TPSA) is 57.7 Å². The monoisotopic (exact) mass is 366 g/mol. The van der Waals surface area contributed by atoms with Gasteiger partial charge in [0.25, 0.3) is 0 Å². The Balaban J connectivity index is 2.17. The molecule has 1 aliphatic rings. The molecule has 25 heavy (non-hydrogen) atoms. The van der Waals surface area contributed by atoms with Crippen molar-refractivity contribution in [2.75, 3.05) is 26.2 Å². The Morgan fingerprint density at radius 3 is 2.32 bits per heavy atom. The molecule has 5 nitrogen and oxygen atoms in total. The number of nitrogens with zero attached hydrogens (tertiary/aromatic N) is 2. The Labute approximate surface area is 152 Å². The summed E-state index contributed by atoms with van der Waals surface area (Å²) in [6.45, 7) is 10.2. The summed E-state index contributed by atoms with van der Waals surface area (Å²) in [5.74, 6) is 0.196. The van der Waals surface area contributed by atoms with E-state index in [9.17, 15) is 13.2 Å². The average Bonchev–Trinajstić information content (AvgIpc) is 2.62. The minimum absolute atomic E-state index is 0.0695. The summed E-state index contributed by atoms with van der Waals surface area (Å²) in [7, 11) is -3.55. The Hall–Kier alpha value is -1.40. The molecule has 0 bridgehead atoms. The Morgan fingerprint density at radius 1 is 1.20 bits per heavy atom. The first-order valence-corrected chi connectivity index (χ1v) is 10.6. The molecule has 1 unspecified atom stereocenters. The quantitative estimate of drug-likeness (QED) is 0.777. The van der Waals surface area contributed by atoms with Gasteiger partial charge >= 0.3 is 0 Å². The SMILES string of the molecule is CCN(CC)C(=O)C1CCCN(S(=O)(=O)c2ccc(C(C)C)cc2)C1. The first kappa shape index (κ1) is 19.9. The fourth-order valence-corrected chi connectivity index (χ4v) is 4.85. The van der Waals surface area contributed by atoms with Crippen LogP contribution in [-0.2, 0) is 14.8 Å². The molecule has 0 N–H and O–H groups in total. The second-order valence-corrected chi connectivity index (χ2v) is 8.87. The van der Waals surface area contributed by atoms with Gasteiger partial charge in [-0.2, -0.15) is 4.31 Å². The zero-order chi connectivity index (χ0) is 18.6. The number of rotatable bonds is 6. The fraction of sp³-hybridized carbons (Fsp3) is 0.632. The number of piperidine rings is 1. The number of amides is 1. The molecular formula is C19H30N2O3S. The lowest BCUT2D eigenvalue weighted by Crippen LogP contribution is -2.46. The van der Waals surface area contributed by atoms with Crippen molar-refractivity contribution in [3.8, 4) is 0 Å². The third kappa shape index (κ3) is 4.42. The van der Waals surface area contributed by atoms with E-state index >= 15 is 0 Å². The predicted octanol–water partition coefficient (Wildman–Crippen LogP) is 3.08. The van der Waals surface area contributed by atoms with Crippen molar-refractivity contribution in [2.45, 2.75) is 51.3 Å². The molecule has 0 saturated carbocycles. The van der Waals surface area contributed by atoms with Gasteiger partial charge in [0.2, 0.25) is 15.9 Å². The second kappa shape index (κ2) is 8.32. The molecule has 6 heteroatoms. The molecule has 0 aromatic heterocycles. The first-order chi connectivity index (χ1) is 11.8. The highest BCUT2D eigenvalue weighted by Crippen LogP contribution is 2.26. The molecule has 2 rings (SSSR count). The van der Waals surface area contributed by atoms with E-state index in [2.05, 4.69) is 13.8 Å². The van der Waals surface area contributed by atoms with Crippen molar-refractivity contribution in [1.29, 1.82) is 0 Å². The highest BCUT2D eigenvalue weighted by Gasteiger charge is 2.34. The zero-order valence-corrected chi connectivity index (χ0v) is 16.6. The van der Waals surface area contributed by atoms with Gasteiger partial charge in [-0.05, 0) is 50.3 Å². The summed E-state index contributed by atoms with van der Waals surface area (Å²) < 4.78 is 27.4. The Bertz CT molecular complexity index is 679. The summed E-state index contributed by atoms with van der Waals surface area (Å²) in [6.07, 6.45) is 1.48. The molecule has 1 aromatic carbocycles. The van der Waals surface area contributed by atoms with Crippen molar-refractivity contribution in [1.82, 2.24) is 9.21 Å². The number of carbonyl (C=O) groups excluding carboxylic acids is 1. The normalized spacial score (nSPS) is 19.2. The van der Waals surface area contributed by atoms with Gasteiger partial charge in [0.15, 0.2) is 0 Å². The molecule has 1 atom stereocenters. The number of sulfonamides is 1. The van der Waals surface area contributed by atoms with Crippen LogP contribution in [0.4, 0.5) is 0 Å². The maximum Gasteiger partial charge on any atom is 0.243 e. The van der Waals surface area contributed by atoms with E-state index in [1.807, 2.05) is 26.0 Å². The van der Waals surface area contributed by atoms with E-state index in [-0.39, 0.29) is 18.4 Å². The molecule has 1 heterocycles. The maximum atomic E-state index is 12.9. The summed E-state index contributed by atoms with van der Waals surface area (Å²) in [4.78, 5) is 14.7. The number of carbonyl (C=O) groups is 1. The van der Waals surface area contributed by atoms with E-state index < -0.39 is 10.0 Å². The molecule has 1 aliphatic heterocycles. The number of benzene rings is 1. The van der Waals surface area contributed by atoms with Crippen LogP contribution in [0.15, 0.2) is 29.2 Å². The fourth-order valence-electron chi connectivity index (χ4n) is 3.33. The molecular weight excluding hydrogens is 336 g/mol. The summed E-state index contributed by atoms with van der Waals surface area (Å²) in [5, 5.41) is 0. The van der Waals surface area contributed by atoms with Crippen molar-refractivity contribution in [2.24, 2.45) is 5.92 Å². The lowest BCUT2D eigenvalue weighted by atomic mass is 9.98. The van der Waals surface area contributed by atoms with Crippen molar-refractivity contribution in [3.05, 3.63) is 29.8 Å². The molecule has 1 fully saturated rings. The van der Waals surface area contributed by atoms with Gasteiger partial charge in [0, 0.05) is 26.2 Å². The Morgan fingerprint density at radius 2 is 1.80 bits per heavy atom. The molecule has 140 valence electrons. The molecule has 1 aromatic rings. The number of hydrogen-bond acceptors (Lipinski definition) is 3. The molecule has 0 aliphatic carbocycles. The lowest BCUT2D eigenvalue weighted by molar-refractivity contribution is -0.136. The highest BCUT2D eigenvalue weighted by molar-refractivity contribution is 7.89.